The lowest BCUT2D eigenvalue weighted by molar-refractivity contribution is -0.114. The third-order valence-corrected chi connectivity index (χ3v) is 1.79. The fourth-order valence-electron chi connectivity index (χ4n) is 1.11. The van der Waals surface area contributed by atoms with E-state index in [9.17, 15) is 4.79 Å². The quantitative estimate of drug-likeness (QED) is 0.718. The molecule has 0 radical (unpaired) electrons. The average molecular weight is 208 g/mol. The number of ether oxygens (including phenoxy) is 1. The smallest absolute Gasteiger partial charge is 0.221 e. The lowest BCUT2D eigenvalue weighted by Crippen LogP contribution is -2.07. The highest BCUT2D eigenvalue weighted by Gasteiger charge is 1.96. The minimum absolute atomic E-state index is 0.0770. The summed E-state index contributed by atoms with van der Waals surface area (Å²) in [4.78, 5) is 10.8. The summed E-state index contributed by atoms with van der Waals surface area (Å²) >= 11 is 0. The molecule has 0 fully saturated rings. The van der Waals surface area contributed by atoms with Gasteiger partial charge in [-0.1, -0.05) is 0 Å². The van der Waals surface area contributed by atoms with Crippen LogP contribution in [0, 0.1) is 0 Å². The first-order valence-corrected chi connectivity index (χ1v) is 4.93. The zero-order chi connectivity index (χ0) is 11.1. The minimum Gasteiger partial charge on any atom is -0.494 e. The third kappa shape index (κ3) is 4.46. The Morgan fingerprint density at radius 1 is 1.40 bits per heavy atom. The second-order valence-corrected chi connectivity index (χ2v) is 3.20. The highest BCUT2D eigenvalue weighted by atomic mass is 16.5. The molecule has 0 aliphatic rings. The fourth-order valence-corrected chi connectivity index (χ4v) is 1.11. The van der Waals surface area contributed by atoms with Crippen LogP contribution in [0.2, 0.25) is 0 Å². The van der Waals surface area contributed by atoms with Crippen molar-refractivity contribution in [1.82, 2.24) is 0 Å². The molecular weight excluding hydrogens is 192 g/mol. The number of nitrogens with one attached hydrogen (secondary N) is 1. The molecule has 82 valence electrons. The first-order valence-electron chi connectivity index (χ1n) is 4.93. The zero-order valence-electron chi connectivity index (χ0n) is 8.82. The van der Waals surface area contributed by atoms with Crippen LogP contribution in [0.5, 0.6) is 5.75 Å². The number of hydrogen-bond acceptors (Lipinski definition) is 3. The molecular formula is C11H16N2O2. The number of rotatable bonds is 5. The van der Waals surface area contributed by atoms with Crippen LogP contribution < -0.4 is 15.8 Å². The Hall–Kier alpha value is -1.55. The van der Waals surface area contributed by atoms with Gasteiger partial charge in [-0.25, -0.2) is 0 Å². The largest absolute Gasteiger partial charge is 0.494 e. The van der Waals surface area contributed by atoms with Crippen LogP contribution in [0.3, 0.4) is 0 Å². The van der Waals surface area contributed by atoms with Crippen molar-refractivity contribution in [3.8, 4) is 5.75 Å². The van der Waals surface area contributed by atoms with Crippen molar-refractivity contribution in [2.24, 2.45) is 5.73 Å². The van der Waals surface area contributed by atoms with E-state index in [1.54, 1.807) is 12.1 Å². The maximum absolute atomic E-state index is 10.8. The second-order valence-electron chi connectivity index (χ2n) is 3.20. The first kappa shape index (κ1) is 11.5. The molecule has 0 saturated heterocycles. The van der Waals surface area contributed by atoms with Crippen molar-refractivity contribution in [3.05, 3.63) is 24.3 Å². The van der Waals surface area contributed by atoms with Gasteiger partial charge in [-0.05, 0) is 37.2 Å². The molecule has 0 bridgehead atoms. The molecule has 1 rings (SSSR count). The van der Waals surface area contributed by atoms with Gasteiger partial charge in [0.1, 0.15) is 5.75 Å². The predicted molar refractivity (Wildman–Crippen MR) is 59.9 cm³/mol. The zero-order valence-corrected chi connectivity index (χ0v) is 8.82. The van der Waals surface area contributed by atoms with E-state index in [0.29, 0.717) is 13.2 Å². The standard InChI is InChI=1S/C11H16N2O2/c1-9(14)13-10-3-5-11(6-4-10)15-8-2-7-12/h3-6H,2,7-8,12H2,1H3,(H,13,14). The van der Waals surface area contributed by atoms with Crippen LogP contribution in [0.25, 0.3) is 0 Å². The first-order chi connectivity index (χ1) is 7.22. The van der Waals surface area contributed by atoms with Crippen LogP contribution in [0.1, 0.15) is 13.3 Å². The lowest BCUT2D eigenvalue weighted by Gasteiger charge is -2.06. The summed E-state index contributed by atoms with van der Waals surface area (Å²) in [6, 6.07) is 7.25. The lowest BCUT2D eigenvalue weighted by atomic mass is 10.3. The van der Waals surface area contributed by atoms with Crippen molar-refractivity contribution in [1.29, 1.82) is 0 Å². The van der Waals surface area contributed by atoms with Crippen molar-refractivity contribution in [2.75, 3.05) is 18.5 Å². The van der Waals surface area contributed by atoms with Gasteiger partial charge in [0.05, 0.1) is 6.61 Å². The van der Waals surface area contributed by atoms with Crippen LogP contribution in [0.15, 0.2) is 24.3 Å². The third-order valence-electron chi connectivity index (χ3n) is 1.79. The molecule has 1 aromatic rings. The van der Waals surface area contributed by atoms with E-state index in [1.165, 1.54) is 6.92 Å². The van der Waals surface area contributed by atoms with Crippen molar-refractivity contribution in [2.45, 2.75) is 13.3 Å². The normalized spacial score (nSPS) is 9.73. The number of carbonyl (C=O) groups is 1. The molecule has 0 aromatic heterocycles. The van der Waals surface area contributed by atoms with Crippen LogP contribution in [-0.2, 0) is 4.79 Å². The number of hydrogen-bond donors (Lipinski definition) is 2. The molecule has 1 aromatic carbocycles. The molecule has 0 aliphatic heterocycles. The van der Waals surface area contributed by atoms with E-state index in [2.05, 4.69) is 5.32 Å². The van der Waals surface area contributed by atoms with Crippen molar-refractivity contribution < 1.29 is 9.53 Å². The summed E-state index contributed by atoms with van der Waals surface area (Å²) in [6.45, 7) is 2.73. The Bertz CT molecular complexity index is 309. The Morgan fingerprint density at radius 3 is 2.60 bits per heavy atom. The summed E-state index contributed by atoms with van der Waals surface area (Å²) in [7, 11) is 0. The number of carbonyl (C=O) groups excluding carboxylic acids is 1. The summed E-state index contributed by atoms with van der Waals surface area (Å²) in [5, 5.41) is 2.68. The maximum atomic E-state index is 10.8. The topological polar surface area (TPSA) is 64.3 Å². The molecule has 15 heavy (non-hydrogen) atoms. The van der Waals surface area contributed by atoms with Crippen LogP contribution in [-0.4, -0.2) is 19.1 Å². The highest BCUT2D eigenvalue weighted by molar-refractivity contribution is 5.88. The summed E-state index contributed by atoms with van der Waals surface area (Å²) in [5.74, 6) is 0.712. The van der Waals surface area contributed by atoms with E-state index >= 15 is 0 Å². The van der Waals surface area contributed by atoms with Gasteiger partial charge in [0.15, 0.2) is 0 Å². The number of nitrogens with two attached hydrogens (primary N) is 1. The molecule has 0 saturated carbocycles. The van der Waals surface area contributed by atoms with Crippen LogP contribution in [0.4, 0.5) is 5.69 Å². The molecule has 0 unspecified atom stereocenters. The van der Waals surface area contributed by atoms with E-state index in [-0.39, 0.29) is 5.91 Å². The molecule has 0 atom stereocenters. The fraction of sp³-hybridized carbons (Fsp3) is 0.364. The Morgan fingerprint density at radius 2 is 2.07 bits per heavy atom. The predicted octanol–water partition coefficient (Wildman–Crippen LogP) is 1.37. The van der Waals surface area contributed by atoms with Gasteiger partial charge in [0.25, 0.3) is 0 Å². The molecule has 4 heteroatoms. The van der Waals surface area contributed by atoms with Gasteiger partial charge < -0.3 is 15.8 Å². The summed E-state index contributed by atoms with van der Waals surface area (Å²) < 4.78 is 5.41. The molecule has 0 heterocycles. The van der Waals surface area contributed by atoms with E-state index in [0.717, 1.165) is 17.9 Å². The summed E-state index contributed by atoms with van der Waals surface area (Å²) in [5.41, 5.74) is 6.12. The summed E-state index contributed by atoms with van der Waals surface area (Å²) in [6.07, 6.45) is 0.841. The number of amides is 1. The maximum Gasteiger partial charge on any atom is 0.221 e. The number of anilines is 1. The Balaban J connectivity index is 2.45. The SMILES string of the molecule is CC(=O)Nc1ccc(OCCCN)cc1. The molecule has 0 spiro atoms. The number of benzene rings is 1. The highest BCUT2D eigenvalue weighted by Crippen LogP contribution is 2.15. The molecule has 4 nitrogen and oxygen atoms in total. The van der Waals surface area contributed by atoms with E-state index in [1.807, 2.05) is 12.1 Å². The van der Waals surface area contributed by atoms with Gasteiger partial charge in [0, 0.05) is 12.6 Å². The van der Waals surface area contributed by atoms with Gasteiger partial charge >= 0.3 is 0 Å². The Kier molecular flexibility index (Phi) is 4.63. The second kappa shape index (κ2) is 6.03. The average Bonchev–Trinajstić information content (AvgIpc) is 2.20. The minimum atomic E-state index is -0.0770. The molecule has 0 aliphatic carbocycles. The van der Waals surface area contributed by atoms with Gasteiger partial charge in [0.2, 0.25) is 5.91 Å². The van der Waals surface area contributed by atoms with Gasteiger partial charge in [-0.15, -0.1) is 0 Å². The molecule has 3 N–H and O–H groups in total. The van der Waals surface area contributed by atoms with Crippen LogP contribution >= 0.6 is 0 Å². The molecule has 1 amide bonds. The van der Waals surface area contributed by atoms with Gasteiger partial charge in [-0.3, -0.25) is 4.79 Å². The van der Waals surface area contributed by atoms with Crippen molar-refractivity contribution >= 4 is 11.6 Å². The van der Waals surface area contributed by atoms with Crippen molar-refractivity contribution in [3.63, 3.8) is 0 Å². The monoisotopic (exact) mass is 208 g/mol. The van der Waals surface area contributed by atoms with E-state index < -0.39 is 0 Å². The van der Waals surface area contributed by atoms with E-state index in [4.69, 9.17) is 10.5 Å². The van der Waals surface area contributed by atoms with Gasteiger partial charge in [-0.2, -0.15) is 0 Å². The Labute approximate surface area is 89.4 Å².